The van der Waals surface area contributed by atoms with E-state index in [2.05, 4.69) is 0 Å². The normalized spacial score (nSPS) is 22.9. The van der Waals surface area contributed by atoms with Gasteiger partial charge in [0.2, 0.25) is 0 Å². The zero-order valence-corrected chi connectivity index (χ0v) is 13.1. The molecule has 2 heterocycles. The van der Waals surface area contributed by atoms with E-state index in [4.69, 9.17) is 0 Å². The third kappa shape index (κ3) is 2.39. The van der Waals surface area contributed by atoms with E-state index in [-0.39, 0.29) is 0 Å². The Morgan fingerprint density at radius 3 is 2.14 bits per heavy atom. The van der Waals surface area contributed by atoms with Crippen LogP contribution < -0.4 is 13.7 Å². The van der Waals surface area contributed by atoms with E-state index < -0.39 is 36.8 Å². The van der Waals surface area contributed by atoms with Gasteiger partial charge in [0, 0.05) is 0 Å². The molecule has 0 N–H and O–H groups in total. The molecule has 2 amide bonds. The fourth-order valence-electron chi connectivity index (χ4n) is 2.53. The van der Waals surface area contributed by atoms with Gasteiger partial charge < -0.3 is 0 Å². The fraction of sp³-hybridized carbons (Fsp3) is 0.133. The van der Waals surface area contributed by atoms with Crippen molar-refractivity contribution in [1.82, 2.24) is 0 Å². The zero-order valence-electron chi connectivity index (χ0n) is 11.4. The molecule has 0 aliphatic carbocycles. The Bertz CT molecular complexity index is 736. The first kappa shape index (κ1) is 14.7. The first-order valence-electron chi connectivity index (χ1n) is 6.58. The third-order valence-electron chi connectivity index (χ3n) is 3.51. The van der Waals surface area contributed by atoms with Crippen molar-refractivity contribution in [2.24, 2.45) is 0 Å². The SMILES string of the molecule is O=C1C([n+]2ccccc2)C([Se](=O)[O-])C(=O)N1c1ccccc1. The summed E-state index contributed by atoms with van der Waals surface area (Å²) in [6, 6.07) is 12.4. The fourth-order valence-corrected chi connectivity index (χ4v) is 4.08. The minimum absolute atomic E-state index is 0.383. The Labute approximate surface area is 131 Å². The Morgan fingerprint density at radius 1 is 0.955 bits per heavy atom. The van der Waals surface area contributed by atoms with Crippen LogP contribution in [0.15, 0.2) is 60.9 Å². The number of para-hydroxylation sites is 1. The number of carbonyl (C=O) groups is 2. The second kappa shape index (κ2) is 5.88. The van der Waals surface area contributed by atoms with Crippen molar-refractivity contribution in [2.45, 2.75) is 10.9 Å². The maximum absolute atomic E-state index is 12.7. The number of benzene rings is 1. The van der Waals surface area contributed by atoms with Crippen LogP contribution in [0.5, 0.6) is 0 Å². The van der Waals surface area contributed by atoms with Crippen LogP contribution in [0.3, 0.4) is 0 Å². The molecule has 6 nitrogen and oxygen atoms in total. The van der Waals surface area contributed by atoms with Crippen LogP contribution >= 0.6 is 0 Å². The van der Waals surface area contributed by atoms with Gasteiger partial charge in [0.1, 0.15) is 0 Å². The number of rotatable bonds is 3. The van der Waals surface area contributed by atoms with Crippen molar-refractivity contribution >= 4 is 31.7 Å². The van der Waals surface area contributed by atoms with Gasteiger partial charge in [-0.15, -0.1) is 0 Å². The predicted octanol–water partition coefficient (Wildman–Crippen LogP) is -0.262. The summed E-state index contributed by atoms with van der Waals surface area (Å²) in [5.74, 6) is -1.22. The number of aromatic nitrogens is 1. The van der Waals surface area contributed by atoms with E-state index in [0.717, 1.165) is 4.90 Å². The van der Waals surface area contributed by atoms with Crippen LogP contribution in [-0.4, -0.2) is 26.0 Å². The van der Waals surface area contributed by atoms with Gasteiger partial charge in [-0.05, 0) is 0 Å². The van der Waals surface area contributed by atoms with Gasteiger partial charge >= 0.3 is 131 Å². The van der Waals surface area contributed by atoms with Crippen molar-refractivity contribution < 1.29 is 22.2 Å². The van der Waals surface area contributed by atoms with Crippen LogP contribution in [0.1, 0.15) is 6.04 Å². The van der Waals surface area contributed by atoms with Crippen LogP contribution in [0, 0.1) is 0 Å². The molecule has 0 radical (unpaired) electrons. The van der Waals surface area contributed by atoms with Gasteiger partial charge in [-0.2, -0.15) is 0 Å². The Hall–Kier alpha value is -2.21. The first-order valence-corrected chi connectivity index (χ1v) is 8.97. The van der Waals surface area contributed by atoms with Gasteiger partial charge in [-0.25, -0.2) is 0 Å². The van der Waals surface area contributed by atoms with Crippen molar-refractivity contribution in [3.05, 3.63) is 60.9 Å². The molecule has 1 saturated heterocycles. The summed E-state index contributed by atoms with van der Waals surface area (Å²) in [5.41, 5.74) is 0.383. The molecule has 7 heteroatoms. The number of anilines is 1. The van der Waals surface area contributed by atoms with Gasteiger partial charge in [-0.3, -0.25) is 0 Å². The molecule has 2 aromatic rings. The number of carbonyl (C=O) groups excluding carboxylic acids is 2. The number of hydrogen-bond acceptors (Lipinski definition) is 4. The third-order valence-corrected chi connectivity index (χ3v) is 5.34. The summed E-state index contributed by atoms with van der Waals surface area (Å²) < 4.78 is 24.7. The van der Waals surface area contributed by atoms with Gasteiger partial charge in [0.15, 0.2) is 0 Å². The van der Waals surface area contributed by atoms with E-state index in [1.54, 1.807) is 60.9 Å². The summed E-state index contributed by atoms with van der Waals surface area (Å²) in [6.45, 7) is 0. The maximum atomic E-state index is 12.7. The summed E-state index contributed by atoms with van der Waals surface area (Å²) in [4.78, 5) is 24.7. The molecule has 1 aromatic heterocycles. The number of hydrogen-bond donors (Lipinski definition) is 0. The average Bonchev–Trinajstić information content (AvgIpc) is 2.80. The van der Waals surface area contributed by atoms with Crippen molar-refractivity contribution in [1.29, 1.82) is 0 Å². The molecule has 22 heavy (non-hydrogen) atoms. The number of pyridine rings is 1. The van der Waals surface area contributed by atoms with Crippen LogP contribution in [-0.2, 0) is 13.4 Å². The van der Waals surface area contributed by atoms with Crippen molar-refractivity contribution in [3.8, 4) is 0 Å². The Kier molecular flexibility index (Phi) is 3.94. The minimum atomic E-state index is -3.70. The van der Waals surface area contributed by atoms with Gasteiger partial charge in [0.25, 0.3) is 0 Å². The quantitative estimate of drug-likeness (QED) is 0.427. The number of imide groups is 1. The standard InChI is InChI=1S/C15H12N2O4Se/c18-14-12(16-9-5-2-6-10-16)13(22(20)21)15(19)17(14)11-7-3-1-4-8-11/h1-10,12-13H. The van der Waals surface area contributed by atoms with Crippen molar-refractivity contribution in [3.63, 3.8) is 0 Å². The van der Waals surface area contributed by atoms with E-state index >= 15 is 0 Å². The van der Waals surface area contributed by atoms with Crippen LogP contribution in [0.4, 0.5) is 5.69 Å². The second-order valence-electron chi connectivity index (χ2n) is 4.80. The van der Waals surface area contributed by atoms with Crippen LogP contribution in [0.25, 0.3) is 0 Å². The number of amides is 2. The summed E-state index contributed by atoms with van der Waals surface area (Å²) in [5, 5.41) is 0. The van der Waals surface area contributed by atoms with Crippen molar-refractivity contribution in [2.75, 3.05) is 4.90 Å². The Balaban J connectivity index is 2.09. The van der Waals surface area contributed by atoms with Crippen LogP contribution in [0.2, 0.25) is 4.82 Å². The molecule has 1 aromatic carbocycles. The first-order chi connectivity index (χ1) is 10.6. The Morgan fingerprint density at radius 2 is 1.55 bits per heavy atom. The molecule has 1 fully saturated rings. The summed E-state index contributed by atoms with van der Waals surface area (Å²) in [7, 11) is 0. The molecule has 1 aliphatic rings. The van der Waals surface area contributed by atoms with E-state index in [1.807, 2.05) is 0 Å². The van der Waals surface area contributed by atoms with E-state index in [9.17, 15) is 17.6 Å². The molecule has 112 valence electrons. The van der Waals surface area contributed by atoms with E-state index in [1.165, 1.54) is 4.57 Å². The molecular formula is C15H12N2O4Se. The molecule has 3 atom stereocenters. The monoisotopic (exact) mass is 364 g/mol. The molecule has 3 rings (SSSR count). The molecule has 1 aliphatic heterocycles. The van der Waals surface area contributed by atoms with Gasteiger partial charge in [0.05, 0.1) is 0 Å². The zero-order chi connectivity index (χ0) is 15.7. The molecule has 3 unspecified atom stereocenters. The number of nitrogens with zero attached hydrogens (tertiary/aromatic N) is 2. The van der Waals surface area contributed by atoms with Gasteiger partial charge in [-0.1, -0.05) is 0 Å². The topological polar surface area (TPSA) is 81.4 Å². The molecule has 0 bridgehead atoms. The molecular weight excluding hydrogens is 351 g/mol. The summed E-state index contributed by atoms with van der Waals surface area (Å²) in [6.07, 6.45) is 3.18. The molecule has 0 saturated carbocycles. The molecule has 0 spiro atoms. The summed E-state index contributed by atoms with van der Waals surface area (Å²) >= 11 is -3.70. The predicted molar refractivity (Wildman–Crippen MR) is 74.8 cm³/mol. The second-order valence-corrected chi connectivity index (χ2v) is 6.95. The van der Waals surface area contributed by atoms with E-state index in [0.29, 0.717) is 5.69 Å². The average molecular weight is 363 g/mol.